The number of benzene rings is 3. The van der Waals surface area contributed by atoms with E-state index in [1.807, 2.05) is 43.3 Å². The van der Waals surface area contributed by atoms with E-state index in [2.05, 4.69) is 39.8 Å². The summed E-state index contributed by atoms with van der Waals surface area (Å²) in [7, 11) is 1.55. The molecule has 3 aromatic rings. The van der Waals surface area contributed by atoms with Crippen LogP contribution in [0.3, 0.4) is 0 Å². The molecule has 0 aromatic heterocycles. The molecule has 0 saturated carbocycles. The molecule has 7 nitrogen and oxygen atoms in total. The third kappa shape index (κ3) is 6.81. The van der Waals surface area contributed by atoms with Gasteiger partial charge in [0.25, 0.3) is 5.91 Å². The quantitative estimate of drug-likeness (QED) is 0.429. The van der Waals surface area contributed by atoms with Crippen LogP contribution in [0.2, 0.25) is 5.02 Å². The Kier molecular flexibility index (Phi) is 8.34. The molecule has 4 rings (SSSR count). The van der Waals surface area contributed by atoms with Crippen molar-refractivity contribution in [2.75, 3.05) is 55.6 Å². The number of hydrogen-bond acceptors (Lipinski definition) is 6. The number of methoxy groups -OCH3 is 1. The molecule has 1 aliphatic rings. The maximum absolute atomic E-state index is 12.3. The third-order valence-electron chi connectivity index (χ3n) is 5.71. The standard InChI is InChI=1S/C27H30ClN3O4/c1-19-3-5-22(6-4-19)30-26(32)18-35-27-24(28)15-20(16-25(27)33-2)17-29-21-7-9-23(10-8-21)31-11-13-34-14-12-31/h3-10,15-16,29H,11-14,17-18H2,1-2H3,(H,30,32). The van der Waals surface area contributed by atoms with Gasteiger partial charge in [0.15, 0.2) is 18.1 Å². The maximum atomic E-state index is 12.3. The minimum atomic E-state index is -0.279. The Labute approximate surface area is 210 Å². The highest BCUT2D eigenvalue weighted by atomic mass is 35.5. The van der Waals surface area contributed by atoms with Gasteiger partial charge in [0.05, 0.1) is 25.3 Å². The Bertz CT molecular complexity index is 1130. The van der Waals surface area contributed by atoms with E-state index in [1.54, 1.807) is 7.11 Å². The Morgan fingerprint density at radius 2 is 1.71 bits per heavy atom. The predicted molar refractivity (Wildman–Crippen MR) is 140 cm³/mol. The smallest absolute Gasteiger partial charge is 0.262 e. The highest BCUT2D eigenvalue weighted by Crippen LogP contribution is 2.36. The molecule has 1 fully saturated rings. The average molecular weight is 496 g/mol. The molecule has 184 valence electrons. The summed E-state index contributed by atoms with van der Waals surface area (Å²) in [6.45, 7) is 5.71. The van der Waals surface area contributed by atoms with Crippen molar-refractivity contribution in [3.05, 3.63) is 76.8 Å². The van der Waals surface area contributed by atoms with Crippen molar-refractivity contribution < 1.29 is 19.0 Å². The number of morpholine rings is 1. The van der Waals surface area contributed by atoms with Gasteiger partial charge in [-0.05, 0) is 61.0 Å². The first-order valence-electron chi connectivity index (χ1n) is 11.5. The van der Waals surface area contributed by atoms with E-state index in [0.717, 1.165) is 43.1 Å². The summed E-state index contributed by atoms with van der Waals surface area (Å²) in [6.07, 6.45) is 0. The van der Waals surface area contributed by atoms with E-state index >= 15 is 0 Å². The lowest BCUT2D eigenvalue weighted by atomic mass is 10.2. The van der Waals surface area contributed by atoms with Crippen LogP contribution in [0, 0.1) is 6.92 Å². The molecule has 3 aromatic carbocycles. The molecule has 2 N–H and O–H groups in total. The number of carbonyl (C=O) groups excluding carboxylic acids is 1. The van der Waals surface area contributed by atoms with Gasteiger partial charge in [-0.3, -0.25) is 4.79 Å². The first-order chi connectivity index (χ1) is 17.0. The average Bonchev–Trinajstić information content (AvgIpc) is 2.88. The number of nitrogens with one attached hydrogen (secondary N) is 2. The van der Waals surface area contributed by atoms with Crippen molar-refractivity contribution in [1.82, 2.24) is 0 Å². The van der Waals surface area contributed by atoms with E-state index in [4.69, 9.17) is 25.8 Å². The molecular weight excluding hydrogens is 466 g/mol. The van der Waals surface area contributed by atoms with E-state index in [9.17, 15) is 4.79 Å². The second kappa shape index (κ2) is 11.8. The molecule has 0 aliphatic carbocycles. The highest BCUT2D eigenvalue weighted by molar-refractivity contribution is 6.32. The molecule has 0 radical (unpaired) electrons. The molecule has 0 atom stereocenters. The SMILES string of the molecule is COc1cc(CNc2ccc(N3CCOCC3)cc2)cc(Cl)c1OCC(=O)Nc1ccc(C)cc1. The highest BCUT2D eigenvalue weighted by Gasteiger charge is 2.15. The molecule has 1 amide bonds. The van der Waals surface area contributed by atoms with Crippen molar-refractivity contribution in [3.8, 4) is 11.5 Å². The number of aryl methyl sites for hydroxylation is 1. The lowest BCUT2D eigenvalue weighted by Crippen LogP contribution is -2.36. The van der Waals surface area contributed by atoms with Crippen LogP contribution in [-0.2, 0) is 16.1 Å². The van der Waals surface area contributed by atoms with Gasteiger partial charge in [0.2, 0.25) is 0 Å². The molecule has 1 saturated heterocycles. The molecule has 0 spiro atoms. The monoisotopic (exact) mass is 495 g/mol. The topological polar surface area (TPSA) is 72.1 Å². The van der Waals surface area contributed by atoms with Gasteiger partial charge < -0.3 is 29.7 Å². The van der Waals surface area contributed by atoms with Crippen LogP contribution in [0.15, 0.2) is 60.7 Å². The Morgan fingerprint density at radius 1 is 1.03 bits per heavy atom. The van der Waals surface area contributed by atoms with Crippen LogP contribution in [0.1, 0.15) is 11.1 Å². The minimum absolute atomic E-state index is 0.183. The summed E-state index contributed by atoms with van der Waals surface area (Å²) in [5, 5.41) is 6.59. The fourth-order valence-corrected chi connectivity index (χ4v) is 4.09. The Morgan fingerprint density at radius 3 is 2.40 bits per heavy atom. The number of amides is 1. The number of carbonyl (C=O) groups is 1. The predicted octanol–water partition coefficient (Wildman–Crippen LogP) is 5.12. The van der Waals surface area contributed by atoms with E-state index in [1.165, 1.54) is 5.69 Å². The maximum Gasteiger partial charge on any atom is 0.262 e. The summed E-state index contributed by atoms with van der Waals surface area (Å²) in [5.41, 5.74) is 4.96. The molecule has 1 heterocycles. The zero-order valence-corrected chi connectivity index (χ0v) is 20.7. The summed E-state index contributed by atoms with van der Waals surface area (Å²) in [5.74, 6) is 0.533. The van der Waals surface area contributed by atoms with Crippen LogP contribution in [0.5, 0.6) is 11.5 Å². The number of ether oxygens (including phenoxy) is 3. The van der Waals surface area contributed by atoms with Gasteiger partial charge in [-0.1, -0.05) is 29.3 Å². The lowest BCUT2D eigenvalue weighted by molar-refractivity contribution is -0.118. The van der Waals surface area contributed by atoms with Gasteiger partial charge in [-0.2, -0.15) is 0 Å². The Hall–Kier alpha value is -3.42. The zero-order valence-electron chi connectivity index (χ0n) is 20.0. The minimum Gasteiger partial charge on any atom is -0.493 e. The molecule has 35 heavy (non-hydrogen) atoms. The van der Waals surface area contributed by atoms with Crippen molar-refractivity contribution in [2.45, 2.75) is 13.5 Å². The lowest BCUT2D eigenvalue weighted by Gasteiger charge is -2.29. The van der Waals surface area contributed by atoms with Gasteiger partial charge in [0, 0.05) is 36.7 Å². The number of anilines is 3. The van der Waals surface area contributed by atoms with Gasteiger partial charge in [0.1, 0.15) is 0 Å². The van der Waals surface area contributed by atoms with E-state index in [0.29, 0.717) is 28.8 Å². The van der Waals surface area contributed by atoms with Crippen LogP contribution in [0.25, 0.3) is 0 Å². The molecule has 1 aliphatic heterocycles. The number of rotatable bonds is 9. The summed E-state index contributed by atoms with van der Waals surface area (Å²) in [6, 6.07) is 19.6. The van der Waals surface area contributed by atoms with Crippen molar-refractivity contribution in [1.29, 1.82) is 0 Å². The van der Waals surface area contributed by atoms with Crippen LogP contribution in [-0.4, -0.2) is 45.9 Å². The molecular formula is C27H30ClN3O4. The van der Waals surface area contributed by atoms with Crippen LogP contribution < -0.4 is 25.0 Å². The molecule has 8 heteroatoms. The molecule has 0 unspecified atom stereocenters. The molecule has 0 bridgehead atoms. The van der Waals surface area contributed by atoms with Gasteiger partial charge in [-0.25, -0.2) is 0 Å². The fourth-order valence-electron chi connectivity index (χ4n) is 3.80. The summed E-state index contributed by atoms with van der Waals surface area (Å²) < 4.78 is 16.6. The number of nitrogens with zero attached hydrogens (tertiary/aromatic N) is 1. The Balaban J connectivity index is 1.33. The largest absolute Gasteiger partial charge is 0.493 e. The number of halogens is 1. The van der Waals surface area contributed by atoms with Crippen molar-refractivity contribution in [2.24, 2.45) is 0 Å². The second-order valence-corrected chi connectivity index (χ2v) is 8.72. The first-order valence-corrected chi connectivity index (χ1v) is 11.9. The van der Waals surface area contributed by atoms with Gasteiger partial charge in [-0.15, -0.1) is 0 Å². The van der Waals surface area contributed by atoms with Crippen molar-refractivity contribution >= 4 is 34.6 Å². The van der Waals surface area contributed by atoms with Crippen LogP contribution >= 0.6 is 11.6 Å². The van der Waals surface area contributed by atoms with Gasteiger partial charge >= 0.3 is 0 Å². The summed E-state index contributed by atoms with van der Waals surface area (Å²) >= 11 is 6.48. The zero-order chi connectivity index (χ0) is 24.6. The van der Waals surface area contributed by atoms with Crippen molar-refractivity contribution in [3.63, 3.8) is 0 Å². The first kappa shape index (κ1) is 24.7. The summed E-state index contributed by atoms with van der Waals surface area (Å²) in [4.78, 5) is 14.6. The number of hydrogen-bond donors (Lipinski definition) is 2. The van der Waals surface area contributed by atoms with Crippen LogP contribution in [0.4, 0.5) is 17.1 Å². The fraction of sp³-hybridized carbons (Fsp3) is 0.296. The third-order valence-corrected chi connectivity index (χ3v) is 5.99. The second-order valence-electron chi connectivity index (χ2n) is 8.31. The normalized spacial score (nSPS) is 13.3. The van der Waals surface area contributed by atoms with E-state index in [-0.39, 0.29) is 12.5 Å². The van der Waals surface area contributed by atoms with E-state index < -0.39 is 0 Å².